The molecule has 1 saturated heterocycles. The van der Waals surface area contributed by atoms with Gasteiger partial charge >= 0.3 is 84.9 Å². The topological polar surface area (TPSA) is 18.8 Å². The van der Waals surface area contributed by atoms with Crippen LogP contribution in [0.1, 0.15) is 0 Å². The van der Waals surface area contributed by atoms with Gasteiger partial charge in [-0.15, -0.1) is 0 Å². The van der Waals surface area contributed by atoms with Gasteiger partial charge in [0, 0.05) is 0 Å². The Balaban J connectivity index is 1.93. The van der Waals surface area contributed by atoms with Gasteiger partial charge in [0.05, 0.1) is 0 Å². The zero-order valence-electron chi connectivity index (χ0n) is 7.40. The molecule has 0 amide bonds. The van der Waals surface area contributed by atoms with Crippen LogP contribution in [0.5, 0.6) is 0 Å². The Morgan fingerprint density at radius 3 is 2.67 bits per heavy atom. The van der Waals surface area contributed by atoms with Crippen molar-refractivity contribution in [3.63, 3.8) is 0 Å². The number of nitrogens with zero attached hydrogens (tertiary/aromatic N) is 3. The number of piperazine rings is 1. The van der Waals surface area contributed by atoms with Gasteiger partial charge in [-0.05, 0) is 0 Å². The van der Waals surface area contributed by atoms with Crippen molar-refractivity contribution in [1.82, 2.24) is 9.80 Å². The SMILES string of the molecule is CN1CCN(C2=[N][In][CH]=C2)CC1. The first-order valence-corrected chi connectivity index (χ1v) is 7.75. The van der Waals surface area contributed by atoms with Gasteiger partial charge in [0.1, 0.15) is 0 Å². The van der Waals surface area contributed by atoms with Crippen molar-refractivity contribution in [2.24, 2.45) is 2.98 Å². The summed E-state index contributed by atoms with van der Waals surface area (Å²) in [6, 6.07) is 0. The Kier molecular flexibility index (Phi) is 2.76. The van der Waals surface area contributed by atoms with E-state index >= 15 is 0 Å². The molecule has 1 fully saturated rings. The van der Waals surface area contributed by atoms with Crippen molar-refractivity contribution in [2.45, 2.75) is 0 Å². The first kappa shape index (κ1) is 8.63. The van der Waals surface area contributed by atoms with Gasteiger partial charge in [-0.3, -0.25) is 0 Å². The minimum atomic E-state index is -0.610. The maximum atomic E-state index is 4.59. The molecule has 2 aliphatic rings. The van der Waals surface area contributed by atoms with E-state index in [0.717, 1.165) is 13.1 Å². The molecule has 63 valence electrons. The second kappa shape index (κ2) is 3.83. The average Bonchev–Trinajstić information content (AvgIpc) is 2.58. The van der Waals surface area contributed by atoms with E-state index in [1.807, 2.05) is 0 Å². The van der Waals surface area contributed by atoms with Crippen LogP contribution in [0, 0.1) is 0 Å². The van der Waals surface area contributed by atoms with Crippen LogP contribution >= 0.6 is 0 Å². The summed E-state index contributed by atoms with van der Waals surface area (Å²) in [4.78, 5) is 4.78. The van der Waals surface area contributed by atoms with E-state index in [9.17, 15) is 0 Å². The summed E-state index contributed by atoms with van der Waals surface area (Å²) in [5, 5.41) is 0. The number of hydrogen-bond donors (Lipinski definition) is 0. The van der Waals surface area contributed by atoms with E-state index in [-0.39, 0.29) is 0 Å². The van der Waals surface area contributed by atoms with Gasteiger partial charge in [-0.1, -0.05) is 0 Å². The summed E-state index contributed by atoms with van der Waals surface area (Å²) < 4.78 is 6.90. The molecule has 2 aliphatic heterocycles. The second-order valence-corrected chi connectivity index (χ2v) is 5.97. The predicted molar refractivity (Wildman–Crippen MR) is 51.4 cm³/mol. The van der Waals surface area contributed by atoms with E-state index in [1.165, 1.54) is 18.9 Å². The third kappa shape index (κ3) is 1.85. The summed E-state index contributed by atoms with van der Waals surface area (Å²) in [7, 11) is 2.18. The van der Waals surface area contributed by atoms with Gasteiger partial charge < -0.3 is 0 Å². The third-order valence-corrected chi connectivity index (χ3v) is 4.59. The van der Waals surface area contributed by atoms with E-state index in [2.05, 4.69) is 29.7 Å². The summed E-state index contributed by atoms with van der Waals surface area (Å²) in [6.45, 7) is 4.67. The molecule has 0 aromatic heterocycles. The number of hydrogen-bond acceptors (Lipinski definition) is 3. The monoisotopic (exact) mass is 266 g/mol. The van der Waals surface area contributed by atoms with Gasteiger partial charge in [0.25, 0.3) is 0 Å². The maximum absolute atomic E-state index is 4.59. The van der Waals surface area contributed by atoms with Crippen molar-refractivity contribution in [3.05, 3.63) is 9.91 Å². The van der Waals surface area contributed by atoms with Crippen LogP contribution in [-0.2, 0) is 0 Å². The number of amidine groups is 1. The molecule has 4 heteroatoms. The van der Waals surface area contributed by atoms with Crippen molar-refractivity contribution in [1.29, 1.82) is 0 Å². The summed E-state index contributed by atoms with van der Waals surface area (Å²) >= 11 is -0.610. The van der Waals surface area contributed by atoms with E-state index in [4.69, 9.17) is 0 Å². The molecule has 3 nitrogen and oxygen atoms in total. The van der Waals surface area contributed by atoms with Crippen molar-refractivity contribution >= 4 is 29.0 Å². The molecule has 0 aromatic carbocycles. The predicted octanol–water partition coefficient (Wildman–Crippen LogP) is -0.221. The van der Waals surface area contributed by atoms with Crippen molar-refractivity contribution in [2.75, 3.05) is 33.2 Å². The Hall–Kier alpha value is 0.0401. The molecule has 0 atom stereocenters. The molecule has 1 radical (unpaired) electrons. The van der Waals surface area contributed by atoms with Crippen LogP contribution < -0.4 is 0 Å². The molecular weight excluding hydrogens is 253 g/mol. The van der Waals surface area contributed by atoms with Crippen LogP contribution in [0.25, 0.3) is 0 Å². The zero-order valence-corrected chi connectivity index (χ0v) is 10.7. The Labute approximate surface area is 84.9 Å². The van der Waals surface area contributed by atoms with E-state index < -0.39 is 23.2 Å². The molecule has 0 N–H and O–H groups in total. The summed E-state index contributed by atoms with van der Waals surface area (Å²) in [5.74, 6) is 1.27. The molecule has 12 heavy (non-hydrogen) atoms. The third-order valence-electron chi connectivity index (χ3n) is 2.37. The molecular formula is C8H13InN3. The van der Waals surface area contributed by atoms with Gasteiger partial charge in [-0.2, -0.15) is 0 Å². The molecule has 0 unspecified atom stereocenters. The minimum absolute atomic E-state index is 0.610. The molecule has 0 aliphatic carbocycles. The van der Waals surface area contributed by atoms with Crippen LogP contribution in [0.2, 0.25) is 0 Å². The first-order chi connectivity index (χ1) is 5.86. The van der Waals surface area contributed by atoms with Gasteiger partial charge in [-0.25, -0.2) is 0 Å². The van der Waals surface area contributed by atoms with Crippen LogP contribution in [-0.4, -0.2) is 72.1 Å². The average molecular weight is 266 g/mol. The van der Waals surface area contributed by atoms with Crippen LogP contribution in [0.4, 0.5) is 0 Å². The number of rotatable bonds is 0. The normalized spacial score (nSPS) is 24.1. The first-order valence-electron chi connectivity index (χ1n) is 4.37. The molecule has 2 rings (SSSR count). The quantitative estimate of drug-likeness (QED) is 0.603. The fourth-order valence-corrected chi connectivity index (χ4v) is 3.64. The van der Waals surface area contributed by atoms with Crippen LogP contribution in [0.15, 0.2) is 12.9 Å². The van der Waals surface area contributed by atoms with Gasteiger partial charge in [0.15, 0.2) is 0 Å². The molecule has 0 saturated carbocycles. The van der Waals surface area contributed by atoms with E-state index in [1.54, 1.807) is 0 Å². The second-order valence-electron chi connectivity index (χ2n) is 3.29. The Bertz CT molecular complexity index is 216. The fraction of sp³-hybridized carbons (Fsp3) is 0.625. The molecule has 0 aromatic rings. The van der Waals surface area contributed by atoms with Crippen molar-refractivity contribution in [3.8, 4) is 0 Å². The van der Waals surface area contributed by atoms with Crippen LogP contribution in [0.3, 0.4) is 0 Å². The summed E-state index contributed by atoms with van der Waals surface area (Å²) in [5.41, 5.74) is 0. The Morgan fingerprint density at radius 2 is 2.08 bits per heavy atom. The number of likely N-dealkylation sites (N-methyl/N-ethyl adjacent to an activating group) is 1. The zero-order chi connectivity index (χ0) is 8.39. The fourth-order valence-electron chi connectivity index (χ4n) is 1.51. The molecule has 0 spiro atoms. The van der Waals surface area contributed by atoms with Crippen molar-refractivity contribution < 1.29 is 0 Å². The van der Waals surface area contributed by atoms with E-state index in [0.29, 0.717) is 0 Å². The molecule has 2 heterocycles. The standard InChI is InChI=1S/C8H13N3.In/c1-3-8(9)11-6-4-10(2)5-7-11;/h1,3H,4-7H2,2H3;/q-1;+1. The summed E-state index contributed by atoms with van der Waals surface area (Å²) in [6.07, 6.45) is 2.21. The Morgan fingerprint density at radius 1 is 1.33 bits per heavy atom. The van der Waals surface area contributed by atoms with Gasteiger partial charge in [0.2, 0.25) is 0 Å². The molecule has 0 bridgehead atoms.